The van der Waals surface area contributed by atoms with Crippen LogP contribution in [0.25, 0.3) is 11.2 Å². The van der Waals surface area contributed by atoms with E-state index in [1.54, 1.807) is 30.6 Å². The van der Waals surface area contributed by atoms with E-state index in [4.69, 9.17) is 0 Å². The molecule has 2 aromatic carbocycles. The molecule has 4 aromatic rings. The van der Waals surface area contributed by atoms with Gasteiger partial charge < -0.3 is 15.0 Å². The highest BCUT2D eigenvalue weighted by Gasteiger charge is 2.28. The molecule has 0 saturated carbocycles. The number of fused-ring (bicyclic) bond motifs is 1. The van der Waals surface area contributed by atoms with Gasteiger partial charge in [0.2, 0.25) is 0 Å². The van der Waals surface area contributed by atoms with Crippen molar-refractivity contribution in [3.8, 4) is 0 Å². The zero-order valence-corrected chi connectivity index (χ0v) is 20.8. The van der Waals surface area contributed by atoms with Gasteiger partial charge in [-0.25, -0.2) is 23.7 Å². The largest absolute Gasteiger partial charge is 0.390 e. The third-order valence-corrected chi connectivity index (χ3v) is 6.93. The summed E-state index contributed by atoms with van der Waals surface area (Å²) in [6.07, 6.45) is 2.52. The molecule has 194 valence electrons. The van der Waals surface area contributed by atoms with Crippen LogP contribution < -0.4 is 4.90 Å². The number of rotatable bonds is 9. The van der Waals surface area contributed by atoms with Crippen LogP contribution in [0.3, 0.4) is 0 Å². The molecule has 0 bridgehead atoms. The summed E-state index contributed by atoms with van der Waals surface area (Å²) in [5, 5.41) is 10.9. The van der Waals surface area contributed by atoms with Crippen molar-refractivity contribution in [3.05, 3.63) is 83.9 Å². The Morgan fingerprint density at radius 2 is 1.54 bits per heavy atom. The molecule has 10 heteroatoms. The van der Waals surface area contributed by atoms with E-state index < -0.39 is 6.10 Å². The lowest BCUT2D eigenvalue weighted by Gasteiger charge is -2.40. The predicted molar refractivity (Wildman–Crippen MR) is 138 cm³/mol. The fraction of sp³-hybridized carbons (Fsp3) is 0.370. The van der Waals surface area contributed by atoms with Gasteiger partial charge in [-0.1, -0.05) is 24.3 Å². The molecule has 1 atom stereocenters. The van der Waals surface area contributed by atoms with Crippen LogP contribution in [-0.2, 0) is 0 Å². The fourth-order valence-corrected chi connectivity index (χ4v) is 5.08. The number of likely N-dealkylation sites (N-methyl/N-ethyl adjacent to an activating group) is 1. The van der Waals surface area contributed by atoms with Crippen molar-refractivity contribution in [1.29, 1.82) is 0 Å². The van der Waals surface area contributed by atoms with Crippen molar-refractivity contribution in [3.63, 3.8) is 0 Å². The zero-order chi connectivity index (χ0) is 25.8. The van der Waals surface area contributed by atoms with Gasteiger partial charge in [0.1, 0.15) is 23.5 Å². The minimum Gasteiger partial charge on any atom is -0.390 e. The molecule has 1 saturated heterocycles. The molecule has 0 spiro atoms. The van der Waals surface area contributed by atoms with Crippen molar-refractivity contribution in [1.82, 2.24) is 29.7 Å². The van der Waals surface area contributed by atoms with Crippen molar-refractivity contribution in [2.24, 2.45) is 0 Å². The minimum absolute atomic E-state index is 0.0987. The normalized spacial score (nSPS) is 15.9. The Morgan fingerprint density at radius 1 is 0.919 bits per heavy atom. The first-order chi connectivity index (χ1) is 18.0. The summed E-state index contributed by atoms with van der Waals surface area (Å²) >= 11 is 0. The third-order valence-electron chi connectivity index (χ3n) is 6.93. The number of benzene rings is 2. The summed E-state index contributed by atoms with van der Waals surface area (Å²) in [7, 11) is 0. The number of aromatic amines is 1. The number of piperazine rings is 1. The first kappa shape index (κ1) is 25.2. The second-order valence-corrected chi connectivity index (χ2v) is 9.33. The number of halogens is 2. The van der Waals surface area contributed by atoms with E-state index in [-0.39, 0.29) is 17.7 Å². The third kappa shape index (κ3) is 5.76. The van der Waals surface area contributed by atoms with Gasteiger partial charge >= 0.3 is 0 Å². The number of imidazole rings is 1. The first-order valence-electron chi connectivity index (χ1n) is 12.6. The molecule has 37 heavy (non-hydrogen) atoms. The second kappa shape index (κ2) is 11.3. The molecular formula is C27H31F2N7O. The number of aromatic nitrogens is 4. The number of hydrogen-bond donors (Lipinski definition) is 2. The Morgan fingerprint density at radius 3 is 2.14 bits per heavy atom. The van der Waals surface area contributed by atoms with Crippen LogP contribution in [0.1, 0.15) is 24.1 Å². The summed E-state index contributed by atoms with van der Waals surface area (Å²) in [5.41, 5.74) is 3.30. The monoisotopic (exact) mass is 507 g/mol. The Bertz CT molecular complexity index is 1240. The average molecular weight is 508 g/mol. The van der Waals surface area contributed by atoms with E-state index in [0.717, 1.165) is 48.6 Å². The highest BCUT2D eigenvalue weighted by atomic mass is 19.1. The lowest BCUT2D eigenvalue weighted by Crippen LogP contribution is -2.51. The number of nitrogens with zero attached hydrogens (tertiary/aromatic N) is 6. The van der Waals surface area contributed by atoms with Gasteiger partial charge in [0.15, 0.2) is 11.5 Å². The zero-order valence-electron chi connectivity index (χ0n) is 20.8. The number of hydrogen-bond acceptors (Lipinski definition) is 7. The lowest BCUT2D eigenvalue weighted by atomic mass is 9.96. The van der Waals surface area contributed by atoms with Crippen molar-refractivity contribution in [2.45, 2.75) is 19.1 Å². The molecule has 8 nitrogen and oxygen atoms in total. The van der Waals surface area contributed by atoms with E-state index in [2.05, 4.69) is 29.7 Å². The molecule has 2 aromatic heterocycles. The van der Waals surface area contributed by atoms with Gasteiger partial charge in [0.05, 0.1) is 18.5 Å². The topological polar surface area (TPSA) is 84.4 Å². The summed E-state index contributed by atoms with van der Waals surface area (Å²) in [6.45, 7) is 6.79. The molecule has 5 rings (SSSR count). The highest BCUT2D eigenvalue weighted by Crippen LogP contribution is 2.30. The minimum atomic E-state index is -0.565. The van der Waals surface area contributed by atoms with Crippen LogP contribution in [0.2, 0.25) is 0 Å². The standard InChI is InChI=1S/C27H31F2N7O/c1-2-35(27-24-26(31-17-30-24)32-18-33-27)16-23(37)15-34-11-13-36(14-12-34)25(19-3-7-21(28)8-4-19)20-5-9-22(29)10-6-20/h3-10,17-18,23,25,37H,2,11-16H2,1H3,(H,30,31,32,33). The molecule has 3 heterocycles. The Kier molecular flexibility index (Phi) is 7.68. The molecule has 0 amide bonds. The molecule has 1 aliphatic heterocycles. The fourth-order valence-electron chi connectivity index (χ4n) is 5.08. The van der Waals surface area contributed by atoms with Gasteiger partial charge in [0.25, 0.3) is 0 Å². The molecule has 2 N–H and O–H groups in total. The van der Waals surface area contributed by atoms with Gasteiger partial charge in [0, 0.05) is 45.8 Å². The van der Waals surface area contributed by atoms with Crippen molar-refractivity contribution < 1.29 is 13.9 Å². The smallest absolute Gasteiger partial charge is 0.182 e. The summed E-state index contributed by atoms with van der Waals surface area (Å²) in [4.78, 5) is 22.5. The molecule has 1 unspecified atom stereocenters. The Hall–Kier alpha value is -3.47. The molecule has 0 radical (unpaired) electrons. The van der Waals surface area contributed by atoms with E-state index >= 15 is 0 Å². The van der Waals surface area contributed by atoms with Gasteiger partial charge in [-0.3, -0.25) is 9.80 Å². The van der Waals surface area contributed by atoms with Gasteiger partial charge in [-0.2, -0.15) is 0 Å². The quantitative estimate of drug-likeness (QED) is 0.360. The van der Waals surface area contributed by atoms with E-state index in [0.29, 0.717) is 25.3 Å². The number of aliphatic hydroxyl groups is 1. The number of H-pyrrole nitrogens is 1. The van der Waals surface area contributed by atoms with Crippen LogP contribution in [0.15, 0.2) is 61.2 Å². The number of aliphatic hydroxyl groups excluding tert-OH is 1. The van der Waals surface area contributed by atoms with Crippen LogP contribution in [0.4, 0.5) is 14.6 Å². The predicted octanol–water partition coefficient (Wildman–Crippen LogP) is 3.23. The molecule has 0 aliphatic carbocycles. The van der Waals surface area contributed by atoms with Crippen molar-refractivity contribution >= 4 is 17.0 Å². The lowest BCUT2D eigenvalue weighted by molar-refractivity contribution is 0.0650. The van der Waals surface area contributed by atoms with Crippen LogP contribution in [-0.4, -0.2) is 86.8 Å². The average Bonchev–Trinajstić information content (AvgIpc) is 3.40. The number of β-amino-alcohol motifs (C(OH)–C–C–N with tert-alkyl or cyclic N) is 1. The maximum absolute atomic E-state index is 13.6. The maximum atomic E-state index is 13.6. The molecular weight excluding hydrogens is 476 g/mol. The molecule has 1 fully saturated rings. The summed E-state index contributed by atoms with van der Waals surface area (Å²) in [5.74, 6) is 0.170. The van der Waals surface area contributed by atoms with E-state index in [1.807, 2.05) is 11.8 Å². The molecule has 1 aliphatic rings. The number of nitrogens with one attached hydrogen (secondary N) is 1. The van der Waals surface area contributed by atoms with Crippen LogP contribution >= 0.6 is 0 Å². The van der Waals surface area contributed by atoms with Crippen LogP contribution in [0, 0.1) is 11.6 Å². The number of anilines is 1. The maximum Gasteiger partial charge on any atom is 0.182 e. The first-order valence-corrected chi connectivity index (χ1v) is 12.6. The van der Waals surface area contributed by atoms with Gasteiger partial charge in [-0.05, 0) is 42.3 Å². The Labute approximate surface area is 214 Å². The van der Waals surface area contributed by atoms with Gasteiger partial charge in [-0.15, -0.1) is 0 Å². The summed E-state index contributed by atoms with van der Waals surface area (Å²) in [6, 6.07) is 12.9. The van der Waals surface area contributed by atoms with Crippen LogP contribution in [0.5, 0.6) is 0 Å². The Balaban J connectivity index is 1.22. The summed E-state index contributed by atoms with van der Waals surface area (Å²) < 4.78 is 27.2. The van der Waals surface area contributed by atoms with E-state index in [9.17, 15) is 13.9 Å². The second-order valence-electron chi connectivity index (χ2n) is 9.33. The van der Waals surface area contributed by atoms with E-state index in [1.165, 1.54) is 30.6 Å². The highest BCUT2D eigenvalue weighted by molar-refractivity contribution is 5.82. The van der Waals surface area contributed by atoms with Crippen molar-refractivity contribution in [2.75, 3.05) is 50.7 Å². The SMILES string of the molecule is CCN(CC(O)CN1CCN(C(c2ccc(F)cc2)c2ccc(F)cc2)CC1)c1ncnc2nc[nH]c12.